The van der Waals surface area contributed by atoms with Crippen molar-refractivity contribution in [3.05, 3.63) is 16.6 Å². The first-order valence-corrected chi connectivity index (χ1v) is 3.42. The normalized spacial score (nSPS) is 11.9. The molecule has 1 aromatic heterocycles. The van der Waals surface area contributed by atoms with Gasteiger partial charge in [-0.05, 0) is 6.92 Å². The van der Waals surface area contributed by atoms with Gasteiger partial charge in [0.25, 0.3) is 0 Å². The van der Waals surface area contributed by atoms with Crippen LogP contribution in [-0.4, -0.2) is 10.9 Å². The summed E-state index contributed by atoms with van der Waals surface area (Å²) in [6, 6.07) is 0. The third-order valence-electron chi connectivity index (χ3n) is 1.01. The quantitative estimate of drug-likeness (QED) is 0.352. The molecule has 1 rings (SSSR count). The van der Waals surface area contributed by atoms with Crippen molar-refractivity contribution in [2.24, 2.45) is 5.16 Å². The third-order valence-corrected chi connectivity index (χ3v) is 1.63. The summed E-state index contributed by atoms with van der Waals surface area (Å²) in [6.07, 6.45) is 0. The molecule has 0 radical (unpaired) electrons. The van der Waals surface area contributed by atoms with Crippen molar-refractivity contribution in [3.8, 4) is 0 Å². The molecule has 0 aliphatic heterocycles. The molecule has 0 saturated carbocycles. The highest BCUT2D eigenvalue weighted by molar-refractivity contribution is 7.07. The van der Waals surface area contributed by atoms with E-state index in [-0.39, 0.29) is 0 Å². The Balaban J connectivity index is 2.90. The van der Waals surface area contributed by atoms with Crippen molar-refractivity contribution in [2.75, 3.05) is 0 Å². The van der Waals surface area contributed by atoms with E-state index in [2.05, 4.69) is 10.1 Å². The highest BCUT2D eigenvalue weighted by Gasteiger charge is 2.04. The maximum atomic E-state index is 8.28. The van der Waals surface area contributed by atoms with Gasteiger partial charge in [-0.1, -0.05) is 16.5 Å². The molecule has 0 spiro atoms. The minimum atomic E-state index is 0.608. The number of aromatic amines is 1. The monoisotopic (exact) mass is 143 g/mol. The summed E-state index contributed by atoms with van der Waals surface area (Å²) >= 11 is 1.54. The van der Waals surface area contributed by atoms with Gasteiger partial charge in [0.05, 0.1) is 5.38 Å². The van der Waals surface area contributed by atoms with Gasteiger partial charge >= 0.3 is 0 Å². The van der Waals surface area contributed by atoms with Gasteiger partial charge in [-0.15, -0.1) is 0 Å². The summed E-state index contributed by atoms with van der Waals surface area (Å²) in [5.74, 6) is 0. The van der Waals surface area contributed by atoms with Crippen LogP contribution in [0.15, 0.2) is 16.0 Å². The van der Waals surface area contributed by atoms with Gasteiger partial charge in [0.1, 0.15) is 5.71 Å². The molecule has 0 atom stereocenters. The Hall–Kier alpha value is -0.900. The summed E-state index contributed by atoms with van der Waals surface area (Å²) in [5.41, 5.74) is 3.29. The second kappa shape index (κ2) is 2.59. The zero-order chi connectivity index (χ0) is 6.69. The number of nitrogens with one attached hydrogen (secondary N) is 1. The fraction of sp³-hybridized carbons (Fsp3) is 0.200. The second-order valence-corrected chi connectivity index (χ2v) is 2.36. The smallest absolute Gasteiger partial charge is 0.239 e. The molecule has 9 heavy (non-hydrogen) atoms. The molecule has 1 heterocycles. The Kier molecular flexibility index (Phi) is 1.79. The molecule has 0 aliphatic rings. The van der Waals surface area contributed by atoms with Gasteiger partial charge < -0.3 is 5.21 Å². The molecule has 0 unspecified atom stereocenters. The predicted molar refractivity (Wildman–Crippen MR) is 34.9 cm³/mol. The van der Waals surface area contributed by atoms with Crippen molar-refractivity contribution in [1.29, 1.82) is 0 Å². The van der Waals surface area contributed by atoms with Crippen LogP contribution >= 0.6 is 11.3 Å². The molecular formula is C5H7N2OS+. The first-order chi connectivity index (χ1) is 4.34. The Bertz CT molecular complexity index is 205. The minimum Gasteiger partial charge on any atom is -0.410 e. The summed E-state index contributed by atoms with van der Waals surface area (Å²) in [4.78, 5) is 2.92. The van der Waals surface area contributed by atoms with E-state index in [1.807, 2.05) is 10.9 Å². The molecule has 2 N–H and O–H groups in total. The van der Waals surface area contributed by atoms with Gasteiger partial charge in [-0.2, -0.15) is 0 Å². The maximum Gasteiger partial charge on any atom is 0.239 e. The Morgan fingerprint density at radius 1 is 1.89 bits per heavy atom. The van der Waals surface area contributed by atoms with Gasteiger partial charge in [0.2, 0.25) is 11.2 Å². The van der Waals surface area contributed by atoms with E-state index in [1.165, 1.54) is 11.3 Å². The van der Waals surface area contributed by atoms with E-state index in [1.54, 1.807) is 6.92 Å². The molecule has 48 valence electrons. The lowest BCUT2D eigenvalue weighted by Gasteiger charge is -1.80. The largest absolute Gasteiger partial charge is 0.410 e. The summed E-state index contributed by atoms with van der Waals surface area (Å²) in [6.45, 7) is 1.73. The van der Waals surface area contributed by atoms with Crippen LogP contribution in [0.5, 0.6) is 0 Å². The van der Waals surface area contributed by atoms with E-state index in [9.17, 15) is 0 Å². The van der Waals surface area contributed by atoms with Gasteiger partial charge in [0, 0.05) is 0 Å². The van der Waals surface area contributed by atoms with Crippen LogP contribution in [0.25, 0.3) is 0 Å². The van der Waals surface area contributed by atoms with Crippen molar-refractivity contribution in [2.45, 2.75) is 6.92 Å². The number of oxime groups is 1. The van der Waals surface area contributed by atoms with Crippen molar-refractivity contribution < 1.29 is 10.2 Å². The van der Waals surface area contributed by atoms with Crippen LogP contribution in [0.4, 0.5) is 0 Å². The Labute approximate surface area is 56.7 Å². The molecular weight excluding hydrogens is 136 g/mol. The predicted octanol–water partition coefficient (Wildman–Crippen LogP) is 0.760. The number of hydrogen-bond acceptors (Lipinski definition) is 3. The SMILES string of the molecule is CC(=NO)c1csc[nH+]1. The fourth-order valence-corrected chi connectivity index (χ4v) is 1.11. The number of thiazole rings is 1. The molecule has 1 aromatic rings. The molecule has 4 heteroatoms. The molecule has 3 nitrogen and oxygen atoms in total. The zero-order valence-corrected chi connectivity index (χ0v) is 5.77. The van der Waals surface area contributed by atoms with Gasteiger partial charge in [0.15, 0.2) is 0 Å². The lowest BCUT2D eigenvalue weighted by atomic mass is 10.3. The lowest BCUT2D eigenvalue weighted by molar-refractivity contribution is -0.372. The molecule has 0 bridgehead atoms. The van der Waals surface area contributed by atoms with Crippen LogP contribution in [0.2, 0.25) is 0 Å². The van der Waals surface area contributed by atoms with E-state index < -0.39 is 0 Å². The van der Waals surface area contributed by atoms with E-state index >= 15 is 0 Å². The molecule has 0 amide bonds. The third kappa shape index (κ3) is 1.26. The molecule has 0 fully saturated rings. The van der Waals surface area contributed by atoms with Crippen LogP contribution < -0.4 is 4.98 Å². The topological polar surface area (TPSA) is 46.7 Å². The maximum absolute atomic E-state index is 8.28. The van der Waals surface area contributed by atoms with E-state index in [0.29, 0.717) is 5.71 Å². The number of aromatic nitrogens is 1. The molecule has 0 aliphatic carbocycles. The summed E-state index contributed by atoms with van der Waals surface area (Å²) in [7, 11) is 0. The van der Waals surface area contributed by atoms with E-state index in [0.717, 1.165) is 5.69 Å². The highest BCUT2D eigenvalue weighted by atomic mass is 32.1. The van der Waals surface area contributed by atoms with Gasteiger partial charge in [-0.25, -0.2) is 4.98 Å². The Morgan fingerprint density at radius 2 is 2.67 bits per heavy atom. The van der Waals surface area contributed by atoms with Crippen molar-refractivity contribution >= 4 is 17.0 Å². The first kappa shape index (κ1) is 6.22. The first-order valence-electron chi connectivity index (χ1n) is 2.47. The summed E-state index contributed by atoms with van der Waals surface area (Å²) < 4.78 is 0. The standard InChI is InChI=1S/C5H6N2OS/c1-4(7-8)5-2-9-3-6-5/h2-3,8H,1H3/p+1. The Morgan fingerprint density at radius 3 is 3.11 bits per heavy atom. The average Bonchev–Trinajstić information content (AvgIpc) is 2.37. The van der Waals surface area contributed by atoms with Crippen LogP contribution in [0, 0.1) is 0 Å². The summed E-state index contributed by atoms with van der Waals surface area (Å²) in [5, 5.41) is 13.2. The van der Waals surface area contributed by atoms with Crippen molar-refractivity contribution in [1.82, 2.24) is 0 Å². The fourth-order valence-electron chi connectivity index (χ4n) is 0.477. The highest BCUT2D eigenvalue weighted by Crippen LogP contribution is 1.96. The average molecular weight is 143 g/mol. The van der Waals surface area contributed by atoms with Gasteiger partial charge in [-0.3, -0.25) is 0 Å². The van der Waals surface area contributed by atoms with E-state index in [4.69, 9.17) is 5.21 Å². The van der Waals surface area contributed by atoms with Crippen LogP contribution in [0.1, 0.15) is 12.6 Å². The number of nitrogens with zero attached hydrogens (tertiary/aromatic N) is 1. The molecule has 0 saturated heterocycles. The lowest BCUT2D eigenvalue weighted by Crippen LogP contribution is -2.09. The number of H-pyrrole nitrogens is 1. The minimum absolute atomic E-state index is 0.608. The second-order valence-electron chi connectivity index (χ2n) is 1.62. The number of hydrogen-bond donors (Lipinski definition) is 1. The van der Waals surface area contributed by atoms with Crippen molar-refractivity contribution in [3.63, 3.8) is 0 Å². The zero-order valence-electron chi connectivity index (χ0n) is 4.96. The van der Waals surface area contributed by atoms with Crippen LogP contribution in [-0.2, 0) is 0 Å². The van der Waals surface area contributed by atoms with Crippen LogP contribution in [0.3, 0.4) is 0 Å². The number of rotatable bonds is 1. The molecule has 0 aromatic carbocycles.